The third kappa shape index (κ3) is 4.10. The zero-order chi connectivity index (χ0) is 19.3. The maximum absolute atomic E-state index is 11.1. The minimum Gasteiger partial charge on any atom is -0.478 e. The number of carbonyl (C=O) groups is 1. The number of aromatic nitrogens is 1. The van der Waals surface area contributed by atoms with Crippen LogP contribution < -0.4 is 11.5 Å². The van der Waals surface area contributed by atoms with E-state index in [0.29, 0.717) is 16.2 Å². The van der Waals surface area contributed by atoms with E-state index in [9.17, 15) is 4.79 Å². The molecular formula is C19H19ClN4O2. The first-order chi connectivity index (χ1) is 12.5. The third-order valence-electron chi connectivity index (χ3n) is 3.50. The lowest BCUT2D eigenvalue weighted by atomic mass is 10.00. The highest BCUT2D eigenvalue weighted by atomic mass is 35.5. The van der Waals surface area contributed by atoms with E-state index in [-0.39, 0.29) is 11.5 Å². The summed E-state index contributed by atoms with van der Waals surface area (Å²) in [6.07, 6.45) is 1.48. The van der Waals surface area contributed by atoms with Gasteiger partial charge in [0.15, 0.2) is 11.8 Å². The number of nitrogens with zero attached hydrogens (tertiary/aromatic N) is 2. The highest BCUT2D eigenvalue weighted by Gasteiger charge is 2.10. The number of aliphatic imine (C=N–C) groups is 1. The van der Waals surface area contributed by atoms with Crippen LogP contribution in [0.3, 0.4) is 0 Å². The minimum atomic E-state index is -0.983. The van der Waals surface area contributed by atoms with Crippen LogP contribution in [-0.4, -0.2) is 22.0 Å². The molecule has 3 rings (SSSR count). The van der Waals surface area contributed by atoms with Crippen LogP contribution in [0.15, 0.2) is 53.7 Å². The number of carboxylic acid groups (broad SMARTS) is 1. The van der Waals surface area contributed by atoms with Crippen molar-refractivity contribution in [3.63, 3.8) is 0 Å². The number of halogens is 1. The molecule has 5 N–H and O–H groups in total. The van der Waals surface area contributed by atoms with Crippen molar-refractivity contribution >= 4 is 40.1 Å². The molecule has 0 atom stereocenters. The first-order valence-corrected chi connectivity index (χ1v) is 8.35. The monoisotopic (exact) mass is 370 g/mol. The summed E-state index contributed by atoms with van der Waals surface area (Å²) in [6, 6.07) is 12.2. The predicted octanol–water partition coefficient (Wildman–Crippen LogP) is 4.18. The first kappa shape index (κ1) is 19.2. The van der Waals surface area contributed by atoms with E-state index >= 15 is 0 Å². The van der Waals surface area contributed by atoms with Crippen molar-refractivity contribution in [3.05, 3.63) is 59.2 Å². The molecule has 0 aliphatic rings. The molecule has 134 valence electrons. The summed E-state index contributed by atoms with van der Waals surface area (Å²) in [5.74, 6) is -0.737. The van der Waals surface area contributed by atoms with Crippen LogP contribution >= 0.6 is 11.6 Å². The molecule has 26 heavy (non-hydrogen) atoms. The largest absolute Gasteiger partial charge is 0.478 e. The van der Waals surface area contributed by atoms with Crippen molar-refractivity contribution in [1.29, 1.82) is 0 Å². The summed E-state index contributed by atoms with van der Waals surface area (Å²) in [5.41, 5.74) is 12.7. The number of guanidine groups is 1. The Bertz CT molecular complexity index is 982. The zero-order valence-corrected chi connectivity index (χ0v) is 15.2. The van der Waals surface area contributed by atoms with E-state index in [4.69, 9.17) is 28.2 Å². The molecule has 0 saturated heterocycles. The highest BCUT2D eigenvalue weighted by Crippen LogP contribution is 2.33. The molecule has 2 aromatic carbocycles. The average Bonchev–Trinajstić information content (AvgIpc) is 2.65. The number of fused-ring (bicyclic) bond motifs is 1. The number of nitrogens with two attached hydrogens (primary N) is 2. The molecule has 0 fully saturated rings. The Kier molecular flexibility index (Phi) is 6.14. The fourth-order valence-corrected chi connectivity index (χ4v) is 2.63. The summed E-state index contributed by atoms with van der Waals surface area (Å²) >= 11 is 6.18. The quantitative estimate of drug-likeness (QED) is 0.472. The van der Waals surface area contributed by atoms with E-state index in [2.05, 4.69) is 9.98 Å². The van der Waals surface area contributed by atoms with Gasteiger partial charge in [0.1, 0.15) is 0 Å². The number of aromatic carboxylic acids is 1. The van der Waals surface area contributed by atoms with Crippen LogP contribution in [0.1, 0.15) is 24.2 Å². The Morgan fingerprint density at radius 1 is 1.08 bits per heavy atom. The Morgan fingerprint density at radius 2 is 1.77 bits per heavy atom. The minimum absolute atomic E-state index is 0.107. The second-order valence-electron chi connectivity index (χ2n) is 5.11. The Labute approximate surface area is 156 Å². The molecule has 0 saturated carbocycles. The van der Waals surface area contributed by atoms with Gasteiger partial charge in [-0.3, -0.25) is 0 Å². The fraction of sp³-hybridized carbons (Fsp3) is 0.105. The summed E-state index contributed by atoms with van der Waals surface area (Å²) < 4.78 is 0. The van der Waals surface area contributed by atoms with Crippen LogP contribution in [0.2, 0.25) is 5.02 Å². The number of hydrogen-bond acceptors (Lipinski definition) is 3. The number of pyridine rings is 1. The molecule has 0 amide bonds. The molecule has 7 heteroatoms. The number of carboxylic acids is 1. The maximum atomic E-state index is 11.1. The normalized spacial score (nSPS) is 9.96. The van der Waals surface area contributed by atoms with Crippen molar-refractivity contribution in [2.24, 2.45) is 16.5 Å². The first-order valence-electron chi connectivity index (χ1n) is 7.97. The summed E-state index contributed by atoms with van der Waals surface area (Å²) in [7, 11) is 0. The zero-order valence-electron chi connectivity index (χ0n) is 14.4. The van der Waals surface area contributed by atoms with Gasteiger partial charge in [0, 0.05) is 17.0 Å². The van der Waals surface area contributed by atoms with Crippen molar-refractivity contribution in [3.8, 4) is 11.1 Å². The number of rotatable bonds is 3. The lowest BCUT2D eigenvalue weighted by Gasteiger charge is -2.08. The van der Waals surface area contributed by atoms with Gasteiger partial charge in [-0.05, 0) is 29.3 Å². The second-order valence-corrected chi connectivity index (χ2v) is 5.52. The summed E-state index contributed by atoms with van der Waals surface area (Å²) in [6.45, 7) is 4.00. The topological polar surface area (TPSA) is 115 Å². The number of benzene rings is 2. The fourth-order valence-electron chi connectivity index (χ4n) is 2.42. The number of hydrogen-bond donors (Lipinski definition) is 3. The highest BCUT2D eigenvalue weighted by molar-refractivity contribution is 6.35. The second kappa shape index (κ2) is 8.31. The Balaban J connectivity index is 0.00000117. The molecule has 1 aromatic heterocycles. The van der Waals surface area contributed by atoms with Gasteiger partial charge in [-0.15, -0.1) is 0 Å². The molecule has 0 spiro atoms. The maximum Gasteiger partial charge on any atom is 0.335 e. The molecule has 0 aliphatic carbocycles. The van der Waals surface area contributed by atoms with Crippen LogP contribution in [0.4, 0.5) is 5.82 Å². The van der Waals surface area contributed by atoms with Crippen LogP contribution in [0.5, 0.6) is 0 Å². The van der Waals surface area contributed by atoms with Crippen molar-refractivity contribution < 1.29 is 9.90 Å². The van der Waals surface area contributed by atoms with Crippen LogP contribution in [0.25, 0.3) is 21.9 Å². The van der Waals surface area contributed by atoms with E-state index in [1.807, 2.05) is 38.1 Å². The average molecular weight is 371 g/mol. The molecule has 0 aliphatic heterocycles. The molecule has 0 radical (unpaired) electrons. The molecule has 3 aromatic rings. The van der Waals surface area contributed by atoms with Crippen molar-refractivity contribution in [2.75, 3.05) is 0 Å². The van der Waals surface area contributed by atoms with Crippen LogP contribution in [-0.2, 0) is 0 Å². The summed E-state index contributed by atoms with van der Waals surface area (Å²) in [4.78, 5) is 19.3. The van der Waals surface area contributed by atoms with E-state index in [0.717, 1.165) is 16.5 Å². The SMILES string of the molecule is CC.NC(N)=Nc1ncc(Cl)c2ccc(-c3cccc(C(=O)O)c3)cc12. The van der Waals surface area contributed by atoms with Gasteiger partial charge in [-0.25, -0.2) is 9.78 Å². The standard InChI is InChI=1S/C17H13ClN4O2.C2H6/c18-14-8-21-15(22-17(19)20)13-7-10(4-5-12(13)14)9-2-1-3-11(6-9)16(23)24;1-2/h1-8H,(H,23,24)(H4,19,20,21,22);1-2H3. The third-order valence-corrected chi connectivity index (χ3v) is 3.80. The predicted molar refractivity (Wildman–Crippen MR) is 106 cm³/mol. The van der Waals surface area contributed by atoms with Crippen molar-refractivity contribution in [1.82, 2.24) is 4.98 Å². The molecule has 0 unspecified atom stereocenters. The van der Waals surface area contributed by atoms with Gasteiger partial charge >= 0.3 is 5.97 Å². The van der Waals surface area contributed by atoms with Gasteiger partial charge < -0.3 is 16.6 Å². The van der Waals surface area contributed by atoms with Gasteiger partial charge in [0.25, 0.3) is 0 Å². The van der Waals surface area contributed by atoms with Gasteiger partial charge in [-0.1, -0.05) is 49.7 Å². The Morgan fingerprint density at radius 3 is 2.42 bits per heavy atom. The van der Waals surface area contributed by atoms with Gasteiger partial charge in [0.05, 0.1) is 10.6 Å². The lowest BCUT2D eigenvalue weighted by molar-refractivity contribution is 0.0697. The van der Waals surface area contributed by atoms with Crippen molar-refractivity contribution in [2.45, 2.75) is 13.8 Å². The van der Waals surface area contributed by atoms with E-state index in [1.165, 1.54) is 12.3 Å². The molecular weight excluding hydrogens is 352 g/mol. The molecule has 0 bridgehead atoms. The lowest BCUT2D eigenvalue weighted by Crippen LogP contribution is -2.22. The van der Waals surface area contributed by atoms with E-state index in [1.54, 1.807) is 12.1 Å². The smallest absolute Gasteiger partial charge is 0.335 e. The van der Waals surface area contributed by atoms with E-state index < -0.39 is 5.97 Å². The Hall–Kier alpha value is -3.12. The summed E-state index contributed by atoms with van der Waals surface area (Å²) in [5, 5.41) is 11.0. The van der Waals surface area contributed by atoms with Crippen LogP contribution in [0, 0.1) is 0 Å². The van der Waals surface area contributed by atoms with Gasteiger partial charge in [-0.2, -0.15) is 4.99 Å². The molecule has 6 nitrogen and oxygen atoms in total. The molecule has 1 heterocycles. The van der Waals surface area contributed by atoms with Gasteiger partial charge in [0.2, 0.25) is 0 Å².